The lowest BCUT2D eigenvalue weighted by Crippen LogP contribution is -2.66. The molecule has 0 aromatic carbocycles. The Morgan fingerprint density at radius 2 is 1.52 bits per heavy atom. The molecule has 0 amide bonds. The van der Waals surface area contributed by atoms with Crippen LogP contribution in [0.3, 0.4) is 0 Å². The van der Waals surface area contributed by atoms with Crippen LogP contribution in [-0.2, 0) is 18.9 Å². The quantitative estimate of drug-likeness (QED) is 0.327. The Bertz CT molecular complexity index is 1020. The Kier molecular flexibility index (Phi) is 7.45. The van der Waals surface area contributed by atoms with Crippen molar-refractivity contribution in [2.45, 2.75) is 147 Å². The molecule has 0 aromatic rings. The SMILES string of the molecule is C[C@@H]1CC[C@]2(OC1)O[C@H]1C[C@H]3[C@@H]4CC[C@H]5[C@H](O)[C@H](O)C[C@@H](O[C@@H]6O[C@H](C)[C@H](O)[C@H](O)[C@H]6O)[C@]5(C)[C@H]4CC[C@]3(C)[C@H]1[C@@H]2C. The minimum Gasteiger partial charge on any atom is -0.390 e. The van der Waals surface area contributed by atoms with Crippen LogP contribution in [0.4, 0.5) is 0 Å². The predicted molar refractivity (Wildman–Crippen MR) is 152 cm³/mol. The van der Waals surface area contributed by atoms with Crippen molar-refractivity contribution in [3.8, 4) is 0 Å². The van der Waals surface area contributed by atoms with E-state index in [1.165, 1.54) is 0 Å². The molecule has 9 nitrogen and oxygen atoms in total. The molecule has 1 spiro atoms. The van der Waals surface area contributed by atoms with Crippen LogP contribution in [0.15, 0.2) is 0 Å². The van der Waals surface area contributed by atoms with Gasteiger partial charge in [-0.2, -0.15) is 0 Å². The van der Waals surface area contributed by atoms with Crippen LogP contribution in [-0.4, -0.2) is 93.0 Å². The van der Waals surface area contributed by atoms with E-state index in [4.69, 9.17) is 18.9 Å². The van der Waals surface area contributed by atoms with E-state index in [9.17, 15) is 25.5 Å². The summed E-state index contributed by atoms with van der Waals surface area (Å²) in [5.41, 5.74) is -0.282. The van der Waals surface area contributed by atoms with Gasteiger partial charge < -0.3 is 44.5 Å². The van der Waals surface area contributed by atoms with Gasteiger partial charge in [0.2, 0.25) is 0 Å². The molecule has 0 aromatic heterocycles. The Morgan fingerprint density at radius 3 is 2.24 bits per heavy atom. The summed E-state index contributed by atoms with van der Waals surface area (Å²) in [5, 5.41) is 53.7. The van der Waals surface area contributed by atoms with Crippen molar-refractivity contribution in [3.63, 3.8) is 0 Å². The highest BCUT2D eigenvalue weighted by atomic mass is 16.7. The molecule has 4 saturated carbocycles. The van der Waals surface area contributed by atoms with Crippen molar-refractivity contribution < 1.29 is 44.5 Å². The van der Waals surface area contributed by atoms with E-state index in [1.54, 1.807) is 6.92 Å². The maximum absolute atomic E-state index is 11.3. The van der Waals surface area contributed by atoms with Gasteiger partial charge in [0, 0.05) is 24.2 Å². The van der Waals surface area contributed by atoms with Gasteiger partial charge in [0.25, 0.3) is 0 Å². The second-order valence-electron chi connectivity index (χ2n) is 16.0. The van der Waals surface area contributed by atoms with E-state index >= 15 is 0 Å². The van der Waals surface area contributed by atoms with Crippen molar-refractivity contribution in [2.24, 2.45) is 52.3 Å². The summed E-state index contributed by atoms with van der Waals surface area (Å²) in [5.74, 6) is 2.06. The monoisotopic (exact) mass is 594 g/mol. The molecular weight excluding hydrogens is 540 g/mol. The summed E-state index contributed by atoms with van der Waals surface area (Å²) >= 11 is 0. The Balaban J connectivity index is 1.15. The Morgan fingerprint density at radius 1 is 0.762 bits per heavy atom. The van der Waals surface area contributed by atoms with Crippen LogP contribution >= 0.6 is 0 Å². The molecule has 4 aliphatic carbocycles. The number of ether oxygens (including phenoxy) is 4. The first-order valence-corrected chi connectivity index (χ1v) is 16.8. The largest absolute Gasteiger partial charge is 0.390 e. The van der Waals surface area contributed by atoms with Gasteiger partial charge in [-0.1, -0.05) is 27.7 Å². The van der Waals surface area contributed by atoms with Crippen molar-refractivity contribution in [3.05, 3.63) is 0 Å². The van der Waals surface area contributed by atoms with Crippen LogP contribution in [0.5, 0.6) is 0 Å². The summed E-state index contributed by atoms with van der Waals surface area (Å²) in [6.45, 7) is 11.8. The molecule has 5 N–H and O–H groups in total. The molecule has 7 fully saturated rings. The summed E-state index contributed by atoms with van der Waals surface area (Å²) < 4.78 is 25.8. The molecule has 3 saturated heterocycles. The van der Waals surface area contributed by atoms with Gasteiger partial charge in [-0.3, -0.25) is 0 Å². The van der Waals surface area contributed by atoms with Gasteiger partial charge in [-0.25, -0.2) is 0 Å². The molecule has 0 bridgehead atoms. The first-order chi connectivity index (χ1) is 19.8. The first-order valence-electron chi connectivity index (χ1n) is 16.8. The second-order valence-corrected chi connectivity index (χ2v) is 16.0. The van der Waals surface area contributed by atoms with Gasteiger partial charge >= 0.3 is 0 Å². The fourth-order valence-electron chi connectivity index (χ4n) is 11.8. The molecule has 19 atom stereocenters. The zero-order chi connectivity index (χ0) is 29.9. The van der Waals surface area contributed by atoms with Crippen LogP contribution in [0.1, 0.15) is 86.0 Å². The molecule has 7 aliphatic rings. The minimum atomic E-state index is -1.40. The van der Waals surface area contributed by atoms with Gasteiger partial charge in [-0.05, 0) is 86.4 Å². The molecule has 0 radical (unpaired) electrons. The summed E-state index contributed by atoms with van der Waals surface area (Å²) in [6, 6.07) is 0. The molecule has 3 heterocycles. The number of aliphatic hydroxyl groups is 5. The van der Waals surface area contributed by atoms with E-state index in [2.05, 4.69) is 27.7 Å². The molecule has 42 heavy (non-hydrogen) atoms. The number of fused-ring (bicyclic) bond motifs is 7. The first kappa shape index (κ1) is 30.3. The van der Waals surface area contributed by atoms with Crippen molar-refractivity contribution in [1.29, 1.82) is 0 Å². The van der Waals surface area contributed by atoms with Gasteiger partial charge in [-0.15, -0.1) is 0 Å². The van der Waals surface area contributed by atoms with Gasteiger partial charge in [0.15, 0.2) is 12.1 Å². The lowest BCUT2D eigenvalue weighted by molar-refractivity contribution is -0.334. The number of hydrogen-bond donors (Lipinski definition) is 5. The lowest BCUT2D eigenvalue weighted by Gasteiger charge is -2.64. The molecule has 7 rings (SSSR count). The Hall–Kier alpha value is -0.360. The lowest BCUT2D eigenvalue weighted by atomic mass is 9.43. The maximum Gasteiger partial charge on any atom is 0.186 e. The van der Waals surface area contributed by atoms with Crippen LogP contribution in [0.25, 0.3) is 0 Å². The number of aliphatic hydroxyl groups excluding tert-OH is 5. The third kappa shape index (κ3) is 4.13. The maximum atomic E-state index is 11.3. The van der Waals surface area contributed by atoms with E-state index in [-0.39, 0.29) is 29.8 Å². The fourth-order valence-corrected chi connectivity index (χ4v) is 11.8. The van der Waals surface area contributed by atoms with Crippen LogP contribution < -0.4 is 0 Å². The molecule has 9 heteroatoms. The molecule has 240 valence electrons. The van der Waals surface area contributed by atoms with Gasteiger partial charge in [0.1, 0.15) is 18.3 Å². The topological polar surface area (TPSA) is 138 Å². The third-order valence-corrected chi connectivity index (χ3v) is 14.2. The fraction of sp³-hybridized carbons (Fsp3) is 1.00. The Labute approximate surface area is 250 Å². The highest BCUT2D eigenvalue weighted by molar-refractivity contribution is 5.17. The summed E-state index contributed by atoms with van der Waals surface area (Å²) in [6.07, 6.45) is -0.499. The van der Waals surface area contributed by atoms with Gasteiger partial charge in [0.05, 0.1) is 37.1 Å². The molecule has 0 unspecified atom stereocenters. The molecular formula is C33H54O9. The van der Waals surface area contributed by atoms with Crippen LogP contribution in [0, 0.1) is 52.3 Å². The number of rotatable bonds is 2. The normalized spacial score (nSPS) is 62.7. The average molecular weight is 595 g/mol. The summed E-state index contributed by atoms with van der Waals surface area (Å²) in [4.78, 5) is 0. The van der Waals surface area contributed by atoms with Crippen molar-refractivity contribution >= 4 is 0 Å². The predicted octanol–water partition coefficient (Wildman–Crippen LogP) is 2.59. The zero-order valence-electron chi connectivity index (χ0n) is 26.0. The van der Waals surface area contributed by atoms with Crippen molar-refractivity contribution in [1.82, 2.24) is 0 Å². The highest BCUT2D eigenvalue weighted by Crippen LogP contribution is 2.71. The average Bonchev–Trinajstić information content (AvgIpc) is 3.40. The minimum absolute atomic E-state index is 0.137. The standard InChI is InChI=1S/C33H54O9/c1-15-8-11-33(39-14-15)16(2)25-23(42-33)12-21-18-6-7-20-27(36)22(34)13-24(32(20,5)19(18)9-10-31(21,25)4)41-30-29(38)28(37)26(35)17(3)40-30/h15-30,34-38H,6-14H2,1-5H3/t15-,16+,17-,18-,19+,20+,21+,22-,23+,24-,25+,26+,27+,28+,29-,30+,31+,32-,33+/m1/s1. The van der Waals surface area contributed by atoms with Crippen molar-refractivity contribution in [2.75, 3.05) is 6.61 Å². The smallest absolute Gasteiger partial charge is 0.186 e. The zero-order valence-corrected chi connectivity index (χ0v) is 26.0. The van der Waals surface area contributed by atoms with E-state index in [1.807, 2.05) is 0 Å². The third-order valence-electron chi connectivity index (χ3n) is 14.2. The number of hydrogen-bond acceptors (Lipinski definition) is 9. The highest BCUT2D eigenvalue weighted by Gasteiger charge is 2.70. The molecule has 3 aliphatic heterocycles. The van der Waals surface area contributed by atoms with E-state index in [0.29, 0.717) is 29.6 Å². The van der Waals surface area contributed by atoms with E-state index in [0.717, 1.165) is 51.6 Å². The van der Waals surface area contributed by atoms with E-state index < -0.39 is 60.2 Å². The summed E-state index contributed by atoms with van der Waals surface area (Å²) in [7, 11) is 0. The second kappa shape index (κ2) is 10.3. The van der Waals surface area contributed by atoms with Crippen LogP contribution in [0.2, 0.25) is 0 Å².